The highest BCUT2D eigenvalue weighted by Crippen LogP contribution is 2.32. The van der Waals surface area contributed by atoms with E-state index in [0.29, 0.717) is 36.0 Å². The fourth-order valence-corrected chi connectivity index (χ4v) is 2.38. The van der Waals surface area contributed by atoms with Crippen molar-refractivity contribution in [2.24, 2.45) is 0 Å². The largest absolute Gasteiger partial charge is 0.486 e. The molecule has 0 saturated heterocycles. The van der Waals surface area contributed by atoms with E-state index in [-0.39, 0.29) is 12.5 Å². The molecule has 3 rings (SSSR count). The Morgan fingerprint density at radius 3 is 2.64 bits per heavy atom. The molecule has 1 heterocycles. The van der Waals surface area contributed by atoms with Crippen LogP contribution in [0.5, 0.6) is 11.5 Å². The second kappa shape index (κ2) is 7.57. The number of benzene rings is 2. The molecular formula is C18H18N2O5. The van der Waals surface area contributed by atoms with Crippen molar-refractivity contribution in [3.8, 4) is 11.5 Å². The van der Waals surface area contributed by atoms with Gasteiger partial charge in [-0.15, -0.1) is 0 Å². The molecule has 7 heteroatoms. The number of carbonyl (C=O) groups excluding carboxylic acids is 2. The fraction of sp³-hybridized carbons (Fsp3) is 0.222. The van der Waals surface area contributed by atoms with Crippen molar-refractivity contribution in [2.75, 3.05) is 37.5 Å². The lowest BCUT2D eigenvalue weighted by atomic mass is 10.2. The summed E-state index contributed by atoms with van der Waals surface area (Å²) in [7, 11) is 1.31. The minimum atomic E-state index is -0.453. The summed E-state index contributed by atoms with van der Waals surface area (Å²) in [4.78, 5) is 23.6. The van der Waals surface area contributed by atoms with Crippen LogP contribution in [0.3, 0.4) is 0 Å². The number of fused-ring (bicyclic) bond motifs is 1. The van der Waals surface area contributed by atoms with Gasteiger partial charge in [0.05, 0.1) is 19.2 Å². The van der Waals surface area contributed by atoms with Crippen LogP contribution in [-0.2, 0) is 9.53 Å². The van der Waals surface area contributed by atoms with Crippen LogP contribution in [0.4, 0.5) is 11.4 Å². The van der Waals surface area contributed by atoms with E-state index in [0.717, 1.165) is 5.69 Å². The van der Waals surface area contributed by atoms with Crippen molar-refractivity contribution in [3.05, 3.63) is 48.0 Å². The van der Waals surface area contributed by atoms with Crippen molar-refractivity contribution in [3.63, 3.8) is 0 Å². The van der Waals surface area contributed by atoms with Crippen molar-refractivity contribution >= 4 is 23.3 Å². The van der Waals surface area contributed by atoms with Gasteiger partial charge in [0.2, 0.25) is 5.91 Å². The van der Waals surface area contributed by atoms with Crippen LogP contribution >= 0.6 is 0 Å². The molecule has 0 unspecified atom stereocenters. The van der Waals surface area contributed by atoms with E-state index >= 15 is 0 Å². The summed E-state index contributed by atoms with van der Waals surface area (Å²) in [5, 5.41) is 5.75. The lowest BCUT2D eigenvalue weighted by Gasteiger charge is -2.19. The summed E-state index contributed by atoms with van der Waals surface area (Å²) >= 11 is 0. The third kappa shape index (κ3) is 4.20. The third-order valence-corrected chi connectivity index (χ3v) is 3.56. The van der Waals surface area contributed by atoms with Crippen molar-refractivity contribution in [1.82, 2.24) is 0 Å². The number of esters is 1. The van der Waals surface area contributed by atoms with E-state index in [9.17, 15) is 9.59 Å². The highest BCUT2D eigenvalue weighted by atomic mass is 16.6. The van der Waals surface area contributed by atoms with Crippen LogP contribution in [0.1, 0.15) is 10.4 Å². The molecule has 0 aliphatic carbocycles. The van der Waals surface area contributed by atoms with Crippen LogP contribution in [0.2, 0.25) is 0 Å². The lowest BCUT2D eigenvalue weighted by Crippen LogP contribution is -2.22. The number of hydrogen-bond donors (Lipinski definition) is 2. The number of amides is 1. The molecule has 0 saturated carbocycles. The number of carbonyl (C=O) groups is 2. The summed E-state index contributed by atoms with van der Waals surface area (Å²) in [6.45, 7) is 1.11. The second-order valence-electron chi connectivity index (χ2n) is 5.33. The summed E-state index contributed by atoms with van der Waals surface area (Å²) in [5.74, 6) is 0.658. The van der Waals surface area contributed by atoms with E-state index in [4.69, 9.17) is 9.47 Å². The highest BCUT2D eigenvalue weighted by molar-refractivity contribution is 5.96. The summed E-state index contributed by atoms with van der Waals surface area (Å²) in [6, 6.07) is 12.0. The van der Waals surface area contributed by atoms with Gasteiger partial charge in [-0.05, 0) is 30.3 Å². The molecule has 0 bridgehead atoms. The molecule has 2 N–H and O–H groups in total. The van der Waals surface area contributed by atoms with Gasteiger partial charge in [-0.2, -0.15) is 0 Å². The molecule has 25 heavy (non-hydrogen) atoms. The Hall–Kier alpha value is -3.22. The van der Waals surface area contributed by atoms with Gasteiger partial charge in [0.15, 0.2) is 11.5 Å². The van der Waals surface area contributed by atoms with Crippen molar-refractivity contribution in [2.45, 2.75) is 0 Å². The molecule has 0 aromatic heterocycles. The Labute approximate surface area is 144 Å². The molecule has 7 nitrogen and oxygen atoms in total. The van der Waals surface area contributed by atoms with Gasteiger partial charge in [0.1, 0.15) is 13.2 Å². The topological polar surface area (TPSA) is 85.9 Å². The summed E-state index contributed by atoms with van der Waals surface area (Å²) in [5.41, 5.74) is 1.65. The van der Waals surface area contributed by atoms with Crippen molar-refractivity contribution < 1.29 is 23.8 Å². The van der Waals surface area contributed by atoms with Gasteiger partial charge in [-0.3, -0.25) is 4.79 Å². The lowest BCUT2D eigenvalue weighted by molar-refractivity contribution is -0.114. The first-order valence-corrected chi connectivity index (χ1v) is 7.77. The Bertz CT molecular complexity index is 791. The molecule has 1 aliphatic heterocycles. The molecular weight excluding hydrogens is 324 g/mol. The van der Waals surface area contributed by atoms with Gasteiger partial charge >= 0.3 is 5.97 Å². The molecule has 2 aromatic rings. The Morgan fingerprint density at radius 2 is 1.84 bits per heavy atom. The standard InChI is InChI=1S/C18H18N2O5/c1-23-18(22)12-3-2-4-14(9-12)20-17(21)11-19-13-5-6-15-16(10-13)25-8-7-24-15/h2-6,9-10,19H,7-8,11H2,1H3,(H,20,21). The summed E-state index contributed by atoms with van der Waals surface area (Å²) < 4.78 is 15.6. The molecule has 0 fully saturated rings. The van der Waals surface area contributed by atoms with Crippen LogP contribution in [0.15, 0.2) is 42.5 Å². The average molecular weight is 342 g/mol. The number of anilines is 2. The van der Waals surface area contributed by atoms with E-state index in [1.54, 1.807) is 36.4 Å². The van der Waals surface area contributed by atoms with Gasteiger partial charge in [0, 0.05) is 17.4 Å². The maximum atomic E-state index is 12.1. The van der Waals surface area contributed by atoms with Crippen LogP contribution in [0, 0.1) is 0 Å². The number of rotatable bonds is 5. The number of ether oxygens (including phenoxy) is 3. The molecule has 1 amide bonds. The third-order valence-electron chi connectivity index (χ3n) is 3.56. The molecule has 0 spiro atoms. The number of hydrogen-bond acceptors (Lipinski definition) is 6. The molecule has 2 aromatic carbocycles. The maximum absolute atomic E-state index is 12.1. The highest BCUT2D eigenvalue weighted by Gasteiger charge is 2.12. The van der Waals surface area contributed by atoms with Crippen molar-refractivity contribution in [1.29, 1.82) is 0 Å². The fourth-order valence-electron chi connectivity index (χ4n) is 2.38. The molecule has 130 valence electrons. The van der Waals surface area contributed by atoms with Crippen LogP contribution in [0.25, 0.3) is 0 Å². The van der Waals surface area contributed by atoms with Crippen LogP contribution in [-0.4, -0.2) is 38.7 Å². The van der Waals surface area contributed by atoms with Gasteiger partial charge in [-0.1, -0.05) is 6.07 Å². The predicted molar refractivity (Wildman–Crippen MR) is 92.3 cm³/mol. The average Bonchev–Trinajstić information content (AvgIpc) is 2.65. The Kier molecular flexibility index (Phi) is 5.03. The Balaban J connectivity index is 1.57. The Morgan fingerprint density at radius 1 is 1.04 bits per heavy atom. The van der Waals surface area contributed by atoms with E-state index in [1.165, 1.54) is 7.11 Å². The first kappa shape index (κ1) is 16.6. The zero-order valence-electron chi connectivity index (χ0n) is 13.7. The quantitative estimate of drug-likeness (QED) is 0.811. The molecule has 0 radical (unpaired) electrons. The minimum absolute atomic E-state index is 0.0715. The predicted octanol–water partition coefficient (Wildman–Crippen LogP) is 2.29. The normalized spacial score (nSPS) is 12.2. The van der Waals surface area contributed by atoms with E-state index in [2.05, 4.69) is 15.4 Å². The smallest absolute Gasteiger partial charge is 0.337 e. The molecule has 1 aliphatic rings. The van der Waals surface area contributed by atoms with Gasteiger partial charge in [-0.25, -0.2) is 4.79 Å². The minimum Gasteiger partial charge on any atom is -0.486 e. The number of methoxy groups -OCH3 is 1. The van der Waals surface area contributed by atoms with E-state index < -0.39 is 5.97 Å². The van der Waals surface area contributed by atoms with Gasteiger partial charge in [0.25, 0.3) is 0 Å². The zero-order valence-corrected chi connectivity index (χ0v) is 13.7. The first-order valence-electron chi connectivity index (χ1n) is 7.77. The number of nitrogens with one attached hydrogen (secondary N) is 2. The summed E-state index contributed by atoms with van der Waals surface area (Å²) in [6.07, 6.45) is 0. The maximum Gasteiger partial charge on any atom is 0.337 e. The second-order valence-corrected chi connectivity index (χ2v) is 5.33. The molecule has 0 atom stereocenters. The SMILES string of the molecule is COC(=O)c1cccc(NC(=O)CNc2ccc3c(c2)OCCO3)c1. The van der Waals surface area contributed by atoms with E-state index in [1.807, 2.05) is 6.07 Å². The van der Waals surface area contributed by atoms with Crippen LogP contribution < -0.4 is 20.1 Å². The monoisotopic (exact) mass is 342 g/mol. The zero-order chi connectivity index (χ0) is 17.6. The van der Waals surface area contributed by atoms with Gasteiger partial charge < -0.3 is 24.8 Å². The first-order chi connectivity index (χ1) is 12.2.